The van der Waals surface area contributed by atoms with Crippen molar-refractivity contribution in [2.24, 2.45) is 5.41 Å². The molecule has 2 N–H and O–H groups in total. The number of carbonyl (C=O) groups is 1. The van der Waals surface area contributed by atoms with E-state index in [1.54, 1.807) is 7.11 Å². The van der Waals surface area contributed by atoms with Crippen molar-refractivity contribution < 1.29 is 14.6 Å². The van der Waals surface area contributed by atoms with Gasteiger partial charge in [-0.1, -0.05) is 12.5 Å². The third-order valence-electron chi connectivity index (χ3n) is 3.46. The normalized spacial score (nSPS) is 17.0. The van der Waals surface area contributed by atoms with Gasteiger partial charge in [-0.15, -0.1) is 0 Å². The van der Waals surface area contributed by atoms with Crippen molar-refractivity contribution in [1.82, 2.24) is 0 Å². The molecule has 0 amide bonds. The second-order valence-corrected chi connectivity index (χ2v) is 4.52. The summed E-state index contributed by atoms with van der Waals surface area (Å²) < 4.78 is 5.12. The van der Waals surface area contributed by atoms with Gasteiger partial charge in [0.05, 0.1) is 12.5 Å². The average Bonchev–Trinajstić information content (AvgIpc) is 2.27. The van der Waals surface area contributed by atoms with Gasteiger partial charge in [0.15, 0.2) is 0 Å². The van der Waals surface area contributed by atoms with Crippen molar-refractivity contribution >= 4 is 11.7 Å². The summed E-state index contributed by atoms with van der Waals surface area (Å²) in [7, 11) is 1.61. The molecule has 4 nitrogen and oxygen atoms in total. The molecule has 1 aromatic rings. The molecule has 17 heavy (non-hydrogen) atoms. The fraction of sp³-hybridized carbons (Fsp3) is 0.462. The molecule has 0 radical (unpaired) electrons. The van der Waals surface area contributed by atoms with E-state index in [2.05, 4.69) is 5.32 Å². The molecular weight excluding hydrogens is 218 g/mol. The first-order valence-corrected chi connectivity index (χ1v) is 5.78. The molecule has 1 aromatic carbocycles. The van der Waals surface area contributed by atoms with E-state index < -0.39 is 11.4 Å². The summed E-state index contributed by atoms with van der Waals surface area (Å²) in [5.74, 6) is 0.0760. The van der Waals surface area contributed by atoms with E-state index in [1.165, 1.54) is 0 Å². The highest BCUT2D eigenvalue weighted by atomic mass is 16.5. The van der Waals surface area contributed by atoms with Crippen LogP contribution in [0.25, 0.3) is 0 Å². The second kappa shape index (κ2) is 4.65. The van der Waals surface area contributed by atoms with Crippen molar-refractivity contribution in [3.05, 3.63) is 24.3 Å². The van der Waals surface area contributed by atoms with E-state index in [0.29, 0.717) is 6.54 Å². The largest absolute Gasteiger partial charge is 0.497 e. The van der Waals surface area contributed by atoms with Crippen molar-refractivity contribution in [3.63, 3.8) is 0 Å². The van der Waals surface area contributed by atoms with Crippen LogP contribution in [0.1, 0.15) is 19.3 Å². The molecule has 1 aliphatic rings. The number of hydrogen-bond donors (Lipinski definition) is 2. The summed E-state index contributed by atoms with van der Waals surface area (Å²) in [4.78, 5) is 11.2. The molecule has 0 atom stereocenters. The van der Waals surface area contributed by atoms with Crippen LogP contribution >= 0.6 is 0 Å². The number of methoxy groups -OCH3 is 1. The number of carboxylic acid groups (broad SMARTS) is 1. The second-order valence-electron chi connectivity index (χ2n) is 4.52. The van der Waals surface area contributed by atoms with E-state index in [4.69, 9.17) is 4.74 Å². The summed E-state index contributed by atoms with van der Waals surface area (Å²) in [6, 6.07) is 7.53. The zero-order valence-corrected chi connectivity index (χ0v) is 9.90. The van der Waals surface area contributed by atoms with Crippen LogP contribution in [0.15, 0.2) is 24.3 Å². The lowest BCUT2D eigenvalue weighted by Gasteiger charge is -2.37. The number of hydrogen-bond acceptors (Lipinski definition) is 3. The average molecular weight is 235 g/mol. The number of rotatable bonds is 5. The molecule has 0 bridgehead atoms. The summed E-state index contributed by atoms with van der Waals surface area (Å²) in [6.45, 7) is 0.482. The van der Waals surface area contributed by atoms with Crippen LogP contribution in [-0.4, -0.2) is 24.7 Å². The SMILES string of the molecule is COc1cccc(NCC2(C(=O)O)CCC2)c1. The van der Waals surface area contributed by atoms with E-state index in [1.807, 2.05) is 24.3 Å². The zero-order valence-electron chi connectivity index (χ0n) is 9.90. The molecular formula is C13H17NO3. The zero-order chi connectivity index (χ0) is 12.3. The van der Waals surface area contributed by atoms with Gasteiger partial charge in [-0.25, -0.2) is 0 Å². The molecule has 0 unspecified atom stereocenters. The minimum Gasteiger partial charge on any atom is -0.497 e. The highest BCUT2D eigenvalue weighted by molar-refractivity contribution is 5.76. The maximum absolute atomic E-state index is 11.2. The lowest BCUT2D eigenvalue weighted by molar-refractivity contribution is -0.153. The maximum Gasteiger partial charge on any atom is 0.311 e. The van der Waals surface area contributed by atoms with Gasteiger partial charge in [-0.2, -0.15) is 0 Å². The Morgan fingerprint density at radius 2 is 2.29 bits per heavy atom. The third kappa shape index (κ3) is 2.35. The molecule has 1 aliphatic carbocycles. The van der Waals surface area contributed by atoms with Crippen LogP contribution in [0.4, 0.5) is 5.69 Å². The van der Waals surface area contributed by atoms with Gasteiger partial charge >= 0.3 is 5.97 Å². The van der Waals surface area contributed by atoms with Crippen molar-refractivity contribution in [2.75, 3.05) is 19.0 Å². The smallest absolute Gasteiger partial charge is 0.311 e. The van der Waals surface area contributed by atoms with E-state index in [9.17, 15) is 9.90 Å². The molecule has 1 fully saturated rings. The summed E-state index contributed by atoms with van der Waals surface area (Å²) in [5.41, 5.74) is 0.333. The van der Waals surface area contributed by atoms with Gasteiger partial charge in [-0.3, -0.25) is 4.79 Å². The van der Waals surface area contributed by atoms with Gasteiger partial charge in [0, 0.05) is 18.3 Å². The fourth-order valence-electron chi connectivity index (χ4n) is 2.07. The van der Waals surface area contributed by atoms with Crippen LogP contribution in [0.2, 0.25) is 0 Å². The van der Waals surface area contributed by atoms with E-state index in [-0.39, 0.29) is 0 Å². The van der Waals surface area contributed by atoms with Gasteiger partial charge in [0.2, 0.25) is 0 Å². The van der Waals surface area contributed by atoms with Crippen molar-refractivity contribution in [3.8, 4) is 5.75 Å². The quantitative estimate of drug-likeness (QED) is 0.822. The van der Waals surface area contributed by atoms with Gasteiger partial charge in [0.1, 0.15) is 5.75 Å². The Labute approximate surface area is 101 Å². The van der Waals surface area contributed by atoms with E-state index >= 15 is 0 Å². The molecule has 92 valence electrons. The number of aliphatic carboxylic acids is 1. The summed E-state index contributed by atoms with van der Waals surface area (Å²) in [5, 5.41) is 12.4. The third-order valence-corrected chi connectivity index (χ3v) is 3.46. The lowest BCUT2D eigenvalue weighted by Crippen LogP contribution is -2.43. The molecule has 0 aliphatic heterocycles. The maximum atomic E-state index is 11.2. The van der Waals surface area contributed by atoms with Crippen LogP contribution in [0.3, 0.4) is 0 Å². The predicted octanol–water partition coefficient (Wildman–Crippen LogP) is 2.36. The number of carboxylic acids is 1. The molecule has 1 saturated carbocycles. The lowest BCUT2D eigenvalue weighted by atomic mass is 9.69. The minimum atomic E-state index is -0.695. The number of anilines is 1. The monoisotopic (exact) mass is 235 g/mol. The molecule has 0 spiro atoms. The molecule has 0 heterocycles. The molecule has 0 aromatic heterocycles. The topological polar surface area (TPSA) is 58.6 Å². The Balaban J connectivity index is 1.99. The van der Waals surface area contributed by atoms with Crippen molar-refractivity contribution in [1.29, 1.82) is 0 Å². The Hall–Kier alpha value is -1.71. The Kier molecular flexibility index (Phi) is 3.22. The number of benzene rings is 1. The van der Waals surface area contributed by atoms with E-state index in [0.717, 1.165) is 30.7 Å². The van der Waals surface area contributed by atoms with Gasteiger partial charge < -0.3 is 15.2 Å². The minimum absolute atomic E-state index is 0.482. The molecule has 4 heteroatoms. The Morgan fingerprint density at radius 1 is 1.53 bits per heavy atom. The van der Waals surface area contributed by atoms with Crippen LogP contribution in [0, 0.1) is 5.41 Å². The highest BCUT2D eigenvalue weighted by Crippen LogP contribution is 2.41. The summed E-state index contributed by atoms with van der Waals surface area (Å²) in [6.07, 6.45) is 2.53. The first-order valence-electron chi connectivity index (χ1n) is 5.78. The van der Waals surface area contributed by atoms with Crippen molar-refractivity contribution in [2.45, 2.75) is 19.3 Å². The van der Waals surface area contributed by atoms with Crippen LogP contribution in [-0.2, 0) is 4.79 Å². The van der Waals surface area contributed by atoms with Gasteiger partial charge in [-0.05, 0) is 25.0 Å². The first-order chi connectivity index (χ1) is 8.16. The Morgan fingerprint density at radius 3 is 2.82 bits per heavy atom. The first kappa shape index (κ1) is 11.8. The Bertz CT molecular complexity index is 413. The highest BCUT2D eigenvalue weighted by Gasteiger charge is 2.44. The number of ether oxygens (including phenoxy) is 1. The molecule has 2 rings (SSSR count). The van der Waals surface area contributed by atoms with Crippen LogP contribution < -0.4 is 10.1 Å². The summed E-state index contributed by atoms with van der Waals surface area (Å²) >= 11 is 0. The van der Waals surface area contributed by atoms with Crippen LogP contribution in [0.5, 0.6) is 5.75 Å². The molecule has 0 saturated heterocycles. The number of nitrogens with one attached hydrogen (secondary N) is 1. The fourth-order valence-corrected chi connectivity index (χ4v) is 2.07. The van der Waals surface area contributed by atoms with Gasteiger partial charge in [0.25, 0.3) is 0 Å². The standard InChI is InChI=1S/C13H17NO3/c1-17-11-5-2-4-10(8-11)14-9-13(12(15)16)6-3-7-13/h2,4-5,8,14H,3,6-7,9H2,1H3,(H,15,16). The predicted molar refractivity (Wildman–Crippen MR) is 65.4 cm³/mol.